The Balaban J connectivity index is 1.18. The molecule has 0 N–H and O–H groups in total. The van der Waals surface area contributed by atoms with Gasteiger partial charge in [-0.2, -0.15) is 0 Å². The minimum atomic E-state index is 0.833. The van der Waals surface area contributed by atoms with Crippen molar-refractivity contribution in [3.63, 3.8) is 0 Å². The van der Waals surface area contributed by atoms with E-state index in [0.29, 0.717) is 0 Å². The molecule has 12 rings (SSSR count). The maximum absolute atomic E-state index is 6.94. The molecule has 276 valence electrons. The summed E-state index contributed by atoms with van der Waals surface area (Å²) in [6, 6.07) is 75.5. The van der Waals surface area contributed by atoms with Gasteiger partial charge in [0.15, 0.2) is 0 Å². The SMILES string of the molecule is c1ccc(-c2ccc(-c3ccc(N(c4cccc5ccc6ccccc6c45)c4cccc5oc6c(-c7ccccc7)cccc6c45)c4c3oc3ccccc34)cc2)cc1. The van der Waals surface area contributed by atoms with Gasteiger partial charge in [0, 0.05) is 27.3 Å². The Morgan fingerprint density at radius 3 is 1.63 bits per heavy atom. The molecule has 59 heavy (non-hydrogen) atoms. The first-order valence-corrected chi connectivity index (χ1v) is 20.1. The number of furan rings is 2. The molecule has 0 amide bonds. The van der Waals surface area contributed by atoms with Crippen molar-refractivity contribution >= 4 is 82.5 Å². The van der Waals surface area contributed by atoms with Crippen LogP contribution in [-0.2, 0) is 0 Å². The van der Waals surface area contributed by atoms with Gasteiger partial charge < -0.3 is 13.7 Å². The van der Waals surface area contributed by atoms with E-state index in [0.717, 1.165) is 83.2 Å². The lowest BCUT2D eigenvalue weighted by atomic mass is 9.96. The summed E-state index contributed by atoms with van der Waals surface area (Å²) in [5, 5.41) is 8.98. The molecule has 12 aromatic rings. The van der Waals surface area contributed by atoms with Crippen LogP contribution in [0, 0.1) is 0 Å². The summed E-state index contributed by atoms with van der Waals surface area (Å²) in [6.07, 6.45) is 0. The van der Waals surface area contributed by atoms with E-state index in [2.05, 4.69) is 217 Å². The fourth-order valence-electron chi connectivity index (χ4n) is 9.17. The lowest BCUT2D eigenvalue weighted by Gasteiger charge is -2.29. The van der Waals surface area contributed by atoms with Crippen LogP contribution in [0.2, 0.25) is 0 Å². The molecule has 3 nitrogen and oxygen atoms in total. The number of benzene rings is 10. The van der Waals surface area contributed by atoms with E-state index >= 15 is 0 Å². The van der Waals surface area contributed by atoms with Crippen LogP contribution in [0.1, 0.15) is 0 Å². The van der Waals surface area contributed by atoms with Gasteiger partial charge in [0.1, 0.15) is 22.3 Å². The van der Waals surface area contributed by atoms with Crippen molar-refractivity contribution in [2.45, 2.75) is 0 Å². The van der Waals surface area contributed by atoms with Gasteiger partial charge in [-0.15, -0.1) is 0 Å². The number of hydrogen-bond acceptors (Lipinski definition) is 3. The number of fused-ring (bicyclic) bond motifs is 9. The minimum Gasteiger partial charge on any atom is -0.455 e. The van der Waals surface area contributed by atoms with E-state index in [1.807, 2.05) is 0 Å². The van der Waals surface area contributed by atoms with Crippen molar-refractivity contribution in [1.82, 2.24) is 0 Å². The fraction of sp³-hybridized carbons (Fsp3) is 0. The molecule has 0 aliphatic heterocycles. The second kappa shape index (κ2) is 13.4. The molecule has 3 heteroatoms. The van der Waals surface area contributed by atoms with Gasteiger partial charge in [0.05, 0.1) is 27.8 Å². The van der Waals surface area contributed by atoms with E-state index < -0.39 is 0 Å². The third-order valence-electron chi connectivity index (χ3n) is 11.9. The predicted molar refractivity (Wildman–Crippen MR) is 247 cm³/mol. The van der Waals surface area contributed by atoms with Crippen LogP contribution in [0.15, 0.2) is 221 Å². The van der Waals surface area contributed by atoms with Crippen molar-refractivity contribution in [3.8, 4) is 33.4 Å². The molecule has 0 aliphatic carbocycles. The van der Waals surface area contributed by atoms with Crippen molar-refractivity contribution in [2.24, 2.45) is 0 Å². The van der Waals surface area contributed by atoms with Crippen molar-refractivity contribution in [1.29, 1.82) is 0 Å². The second-order valence-corrected chi connectivity index (χ2v) is 15.2. The van der Waals surface area contributed by atoms with Gasteiger partial charge in [-0.1, -0.05) is 176 Å². The summed E-state index contributed by atoms with van der Waals surface area (Å²) < 4.78 is 13.8. The Morgan fingerprint density at radius 1 is 0.271 bits per heavy atom. The highest BCUT2D eigenvalue weighted by Gasteiger charge is 2.27. The van der Waals surface area contributed by atoms with E-state index in [4.69, 9.17) is 8.83 Å². The third kappa shape index (κ3) is 5.29. The Kier molecular flexibility index (Phi) is 7.54. The van der Waals surface area contributed by atoms with Crippen molar-refractivity contribution in [2.75, 3.05) is 4.90 Å². The largest absolute Gasteiger partial charge is 0.455 e. The standard InChI is InChI=1S/C56H35NO2/c1-3-14-36(15-4-1)37-28-30-40(31-29-37)44-34-35-49(54-45-21-9-10-26-50(45)58-56(44)54)57(47-24-11-19-41-33-32-39-18-7-8-20-42(39)52(41)47)48-25-13-27-51-53(48)46-23-12-22-43(55(46)59-51)38-16-5-2-6-17-38/h1-35H. The average Bonchev–Trinajstić information content (AvgIpc) is 3.90. The second-order valence-electron chi connectivity index (χ2n) is 15.2. The lowest BCUT2D eigenvalue weighted by molar-refractivity contribution is 0.670. The summed E-state index contributed by atoms with van der Waals surface area (Å²) in [7, 11) is 0. The first-order chi connectivity index (χ1) is 29.3. The van der Waals surface area contributed by atoms with Crippen LogP contribution in [-0.4, -0.2) is 0 Å². The Morgan fingerprint density at radius 2 is 0.797 bits per heavy atom. The van der Waals surface area contributed by atoms with Gasteiger partial charge in [-0.25, -0.2) is 0 Å². The Bertz CT molecular complexity index is 3540. The smallest absolute Gasteiger partial charge is 0.145 e. The molecule has 0 saturated heterocycles. The van der Waals surface area contributed by atoms with Crippen LogP contribution < -0.4 is 4.90 Å². The van der Waals surface area contributed by atoms with E-state index in [9.17, 15) is 0 Å². The fourth-order valence-corrected chi connectivity index (χ4v) is 9.17. The molecule has 2 aromatic heterocycles. The Hall–Kier alpha value is -7.88. The molecular formula is C56H35NO2. The van der Waals surface area contributed by atoms with Gasteiger partial charge in [0.25, 0.3) is 0 Å². The van der Waals surface area contributed by atoms with E-state index in [-0.39, 0.29) is 0 Å². The summed E-state index contributed by atoms with van der Waals surface area (Å²) in [5.41, 5.74) is 13.2. The normalized spacial score (nSPS) is 11.7. The maximum atomic E-state index is 6.94. The van der Waals surface area contributed by atoms with Crippen LogP contribution >= 0.6 is 0 Å². The molecule has 0 radical (unpaired) electrons. The minimum absolute atomic E-state index is 0.833. The van der Waals surface area contributed by atoms with Crippen molar-refractivity contribution < 1.29 is 8.83 Å². The number of para-hydroxylation sites is 2. The zero-order chi connectivity index (χ0) is 38.9. The average molecular weight is 754 g/mol. The quantitative estimate of drug-likeness (QED) is 0.158. The van der Waals surface area contributed by atoms with E-state index in [1.165, 1.54) is 32.7 Å². The number of rotatable bonds is 6. The molecule has 2 heterocycles. The van der Waals surface area contributed by atoms with Gasteiger partial charge in [0.2, 0.25) is 0 Å². The highest BCUT2D eigenvalue weighted by atomic mass is 16.3. The molecule has 0 fully saturated rings. The summed E-state index contributed by atoms with van der Waals surface area (Å²) in [6.45, 7) is 0. The van der Waals surface area contributed by atoms with Gasteiger partial charge in [-0.05, 0) is 74.8 Å². The molecular weight excluding hydrogens is 719 g/mol. The topological polar surface area (TPSA) is 29.5 Å². The Labute approximate surface area is 340 Å². The first-order valence-electron chi connectivity index (χ1n) is 20.1. The van der Waals surface area contributed by atoms with Gasteiger partial charge in [-0.3, -0.25) is 0 Å². The summed E-state index contributed by atoms with van der Waals surface area (Å²) in [4.78, 5) is 2.45. The summed E-state index contributed by atoms with van der Waals surface area (Å²) >= 11 is 0. The van der Waals surface area contributed by atoms with Crippen molar-refractivity contribution in [3.05, 3.63) is 212 Å². The highest BCUT2D eigenvalue weighted by molar-refractivity contribution is 6.23. The molecule has 0 aliphatic rings. The highest BCUT2D eigenvalue weighted by Crippen LogP contribution is 2.51. The van der Waals surface area contributed by atoms with Crippen LogP contribution in [0.25, 0.3) is 98.8 Å². The number of hydrogen-bond donors (Lipinski definition) is 0. The maximum Gasteiger partial charge on any atom is 0.145 e. The molecule has 0 atom stereocenters. The zero-order valence-electron chi connectivity index (χ0n) is 32.0. The molecule has 10 aromatic carbocycles. The molecule has 0 unspecified atom stereocenters. The van der Waals surface area contributed by atoms with Gasteiger partial charge >= 0.3 is 0 Å². The van der Waals surface area contributed by atoms with Crippen LogP contribution in [0.3, 0.4) is 0 Å². The predicted octanol–water partition coefficient (Wildman–Crippen LogP) is 16.3. The zero-order valence-corrected chi connectivity index (χ0v) is 32.0. The lowest BCUT2D eigenvalue weighted by Crippen LogP contribution is -2.11. The molecule has 0 saturated carbocycles. The number of nitrogens with zero attached hydrogens (tertiary/aromatic N) is 1. The molecule has 0 bridgehead atoms. The molecule has 0 spiro atoms. The summed E-state index contributed by atoms with van der Waals surface area (Å²) in [5.74, 6) is 0. The van der Waals surface area contributed by atoms with E-state index in [1.54, 1.807) is 0 Å². The van der Waals surface area contributed by atoms with Crippen LogP contribution in [0.4, 0.5) is 17.1 Å². The third-order valence-corrected chi connectivity index (χ3v) is 11.9. The van der Waals surface area contributed by atoms with Crippen LogP contribution in [0.5, 0.6) is 0 Å². The number of anilines is 3. The first kappa shape index (κ1) is 33.3. The monoisotopic (exact) mass is 753 g/mol.